The lowest BCUT2D eigenvalue weighted by molar-refractivity contribution is -0.137. The molecule has 4 aromatic rings. The first-order valence-electron chi connectivity index (χ1n) is 14.4. The van der Waals surface area contributed by atoms with Crippen LogP contribution < -0.4 is 10.6 Å². The SMILES string of the molecule is CC(CC(=O)O)NC(=O)c1ccc(CC(C(=O)Nc2ccc(-c3ccc(O)cc3Cl)cc2)c2ccc(C(C)(C)C)cc2)cc1. The van der Waals surface area contributed by atoms with Crippen molar-refractivity contribution in [1.82, 2.24) is 5.32 Å². The van der Waals surface area contributed by atoms with Gasteiger partial charge in [-0.2, -0.15) is 0 Å². The van der Waals surface area contributed by atoms with E-state index in [1.165, 1.54) is 6.07 Å². The normalized spacial score (nSPS) is 12.7. The van der Waals surface area contributed by atoms with Crippen LogP contribution >= 0.6 is 11.6 Å². The second-order valence-corrected chi connectivity index (χ2v) is 12.4. The molecule has 8 heteroatoms. The molecule has 0 aliphatic carbocycles. The lowest BCUT2D eigenvalue weighted by Gasteiger charge is -2.22. The summed E-state index contributed by atoms with van der Waals surface area (Å²) in [7, 11) is 0. The molecule has 0 aromatic heterocycles. The van der Waals surface area contributed by atoms with Gasteiger partial charge in [-0.05, 0) is 83.5 Å². The van der Waals surface area contributed by atoms with Gasteiger partial charge >= 0.3 is 5.97 Å². The Balaban J connectivity index is 1.54. The number of rotatable bonds is 10. The van der Waals surface area contributed by atoms with Crippen molar-refractivity contribution in [2.75, 3.05) is 5.32 Å². The lowest BCUT2D eigenvalue weighted by atomic mass is 9.84. The van der Waals surface area contributed by atoms with E-state index < -0.39 is 17.9 Å². The number of halogens is 1. The van der Waals surface area contributed by atoms with Crippen LogP contribution in [0.3, 0.4) is 0 Å². The zero-order valence-corrected chi connectivity index (χ0v) is 26.0. The van der Waals surface area contributed by atoms with Crippen LogP contribution in [0.1, 0.15) is 67.1 Å². The van der Waals surface area contributed by atoms with Crippen molar-refractivity contribution in [3.63, 3.8) is 0 Å². The largest absolute Gasteiger partial charge is 0.508 e. The molecule has 2 unspecified atom stereocenters. The molecule has 0 heterocycles. The molecule has 7 nitrogen and oxygen atoms in total. The number of hydrogen-bond donors (Lipinski definition) is 4. The number of nitrogens with one attached hydrogen (secondary N) is 2. The molecule has 2 amide bonds. The standard InChI is InChI=1S/C36H37ClN2O5/c1-22(19-33(41)42)38-34(43)26-7-5-23(6-8-26)20-31(25-9-13-27(14-10-25)36(2,3)4)35(44)39-28-15-11-24(12-16-28)30-18-17-29(40)21-32(30)37/h5-18,21-22,31,40H,19-20H2,1-4H3,(H,38,43)(H,39,44)(H,41,42). The number of carboxylic acid groups (broad SMARTS) is 1. The fraction of sp³-hybridized carbons (Fsp3) is 0.250. The average Bonchev–Trinajstić information content (AvgIpc) is 2.96. The first-order chi connectivity index (χ1) is 20.8. The molecule has 0 spiro atoms. The van der Waals surface area contributed by atoms with Gasteiger partial charge in [-0.1, -0.05) is 80.9 Å². The van der Waals surface area contributed by atoms with Crippen LogP contribution in [-0.2, 0) is 21.4 Å². The van der Waals surface area contributed by atoms with E-state index in [0.29, 0.717) is 22.7 Å². The monoisotopic (exact) mass is 612 g/mol. The summed E-state index contributed by atoms with van der Waals surface area (Å²) in [6.07, 6.45) is 0.237. The third-order valence-electron chi connectivity index (χ3n) is 7.43. The van der Waals surface area contributed by atoms with Crippen LogP contribution in [0, 0.1) is 0 Å². The van der Waals surface area contributed by atoms with Crippen LogP contribution in [0.15, 0.2) is 91.0 Å². The van der Waals surface area contributed by atoms with E-state index in [2.05, 4.69) is 43.5 Å². The Labute approximate surface area is 262 Å². The highest BCUT2D eigenvalue weighted by Crippen LogP contribution is 2.32. The van der Waals surface area contributed by atoms with Gasteiger partial charge in [-0.3, -0.25) is 14.4 Å². The first-order valence-corrected chi connectivity index (χ1v) is 14.8. The number of aliphatic carboxylic acids is 1. The Morgan fingerprint density at radius 1 is 0.864 bits per heavy atom. The van der Waals surface area contributed by atoms with Crippen LogP contribution in [0.4, 0.5) is 5.69 Å². The summed E-state index contributed by atoms with van der Waals surface area (Å²) in [6.45, 7) is 8.06. The van der Waals surface area contributed by atoms with E-state index >= 15 is 0 Å². The molecule has 0 aliphatic rings. The molecular weight excluding hydrogens is 576 g/mol. The fourth-order valence-electron chi connectivity index (χ4n) is 4.93. The third kappa shape index (κ3) is 8.48. The maximum absolute atomic E-state index is 13.8. The highest BCUT2D eigenvalue weighted by Gasteiger charge is 2.23. The van der Waals surface area contributed by atoms with E-state index in [4.69, 9.17) is 16.7 Å². The van der Waals surface area contributed by atoms with E-state index in [0.717, 1.165) is 27.8 Å². The summed E-state index contributed by atoms with van der Waals surface area (Å²) in [5.41, 5.74) is 5.54. The predicted octanol–water partition coefficient (Wildman–Crippen LogP) is 7.57. The van der Waals surface area contributed by atoms with E-state index in [-0.39, 0.29) is 29.4 Å². The number of phenolic OH excluding ortho intramolecular Hbond substituents is 1. The molecule has 4 rings (SSSR count). The number of carbonyl (C=O) groups excluding carboxylic acids is 2. The lowest BCUT2D eigenvalue weighted by Crippen LogP contribution is -2.34. The minimum absolute atomic E-state index is 0.0310. The number of anilines is 1. The van der Waals surface area contributed by atoms with E-state index in [1.807, 2.05) is 48.5 Å². The smallest absolute Gasteiger partial charge is 0.305 e. The number of carbonyl (C=O) groups is 3. The maximum Gasteiger partial charge on any atom is 0.305 e. The molecule has 4 aromatic carbocycles. The minimum Gasteiger partial charge on any atom is -0.508 e. The second-order valence-electron chi connectivity index (χ2n) is 12.0. The van der Waals surface area contributed by atoms with Crippen molar-refractivity contribution < 1.29 is 24.6 Å². The molecule has 0 fully saturated rings. The number of hydrogen-bond acceptors (Lipinski definition) is 4. The van der Waals surface area contributed by atoms with Gasteiger partial charge in [0.25, 0.3) is 5.91 Å². The van der Waals surface area contributed by atoms with Crippen LogP contribution in [-0.4, -0.2) is 34.0 Å². The Morgan fingerprint density at radius 2 is 1.50 bits per heavy atom. The molecule has 0 radical (unpaired) electrons. The molecule has 44 heavy (non-hydrogen) atoms. The van der Waals surface area contributed by atoms with Crippen LogP contribution in [0.2, 0.25) is 5.02 Å². The highest BCUT2D eigenvalue weighted by molar-refractivity contribution is 6.33. The topological polar surface area (TPSA) is 116 Å². The third-order valence-corrected chi connectivity index (χ3v) is 7.74. The molecule has 228 valence electrons. The Morgan fingerprint density at radius 3 is 2.07 bits per heavy atom. The van der Waals surface area contributed by atoms with E-state index in [9.17, 15) is 19.5 Å². The van der Waals surface area contributed by atoms with Gasteiger partial charge in [-0.25, -0.2) is 0 Å². The van der Waals surface area contributed by atoms with Gasteiger partial charge in [0.1, 0.15) is 5.75 Å². The highest BCUT2D eigenvalue weighted by atomic mass is 35.5. The van der Waals surface area contributed by atoms with Crippen molar-refractivity contribution in [1.29, 1.82) is 0 Å². The number of benzene rings is 4. The van der Waals surface area contributed by atoms with Crippen molar-refractivity contribution in [2.24, 2.45) is 0 Å². The van der Waals surface area contributed by atoms with Crippen molar-refractivity contribution >= 4 is 35.1 Å². The summed E-state index contributed by atoms with van der Waals surface area (Å²) >= 11 is 6.31. The fourth-order valence-corrected chi connectivity index (χ4v) is 5.21. The minimum atomic E-state index is -0.981. The molecular formula is C36H37ClN2O5. The second kappa shape index (κ2) is 13.8. The first kappa shape index (κ1) is 32.3. The molecule has 0 saturated carbocycles. The van der Waals surface area contributed by atoms with Crippen LogP contribution in [0.25, 0.3) is 11.1 Å². The Kier molecular flexibility index (Phi) is 10.1. The quantitative estimate of drug-likeness (QED) is 0.147. The number of phenols is 1. The molecule has 0 saturated heterocycles. The van der Waals surface area contributed by atoms with E-state index in [1.54, 1.807) is 31.2 Å². The summed E-state index contributed by atoms with van der Waals surface area (Å²) < 4.78 is 0. The predicted molar refractivity (Wildman–Crippen MR) is 174 cm³/mol. The summed E-state index contributed by atoms with van der Waals surface area (Å²) in [4.78, 5) is 37.3. The maximum atomic E-state index is 13.8. The Bertz CT molecular complexity index is 1630. The summed E-state index contributed by atoms with van der Waals surface area (Å²) in [5.74, 6) is -1.92. The van der Waals surface area contributed by atoms with Crippen LogP contribution in [0.5, 0.6) is 5.75 Å². The number of amides is 2. The Hall–Kier alpha value is -4.62. The van der Waals surface area contributed by atoms with Gasteiger partial charge in [0.15, 0.2) is 0 Å². The van der Waals surface area contributed by atoms with Gasteiger partial charge < -0.3 is 20.8 Å². The zero-order chi connectivity index (χ0) is 32.0. The summed E-state index contributed by atoms with van der Waals surface area (Å²) in [5, 5.41) is 24.8. The molecule has 4 N–H and O–H groups in total. The molecule has 0 bridgehead atoms. The van der Waals surface area contributed by atoms with Gasteiger partial charge in [0, 0.05) is 22.9 Å². The molecule has 0 aliphatic heterocycles. The average molecular weight is 613 g/mol. The van der Waals surface area contributed by atoms with Gasteiger partial charge in [0.2, 0.25) is 5.91 Å². The number of aromatic hydroxyl groups is 1. The number of carboxylic acids is 1. The van der Waals surface area contributed by atoms with Crippen molar-refractivity contribution in [3.05, 3.63) is 118 Å². The molecule has 2 atom stereocenters. The van der Waals surface area contributed by atoms with Crippen molar-refractivity contribution in [2.45, 2.75) is 57.9 Å². The summed E-state index contributed by atoms with van der Waals surface area (Å²) in [6, 6.07) is 26.7. The van der Waals surface area contributed by atoms with Gasteiger partial charge in [0.05, 0.1) is 17.4 Å². The van der Waals surface area contributed by atoms with Crippen molar-refractivity contribution in [3.8, 4) is 16.9 Å². The van der Waals surface area contributed by atoms with Gasteiger partial charge in [-0.15, -0.1) is 0 Å². The zero-order valence-electron chi connectivity index (χ0n) is 25.2.